The van der Waals surface area contributed by atoms with Crippen LogP contribution in [-0.2, 0) is 9.47 Å². The number of halogens is 1. The minimum Gasteiger partial charge on any atom is -0.397 e. The van der Waals surface area contributed by atoms with Crippen molar-refractivity contribution < 1.29 is 9.47 Å². The Morgan fingerprint density at radius 1 is 1.56 bits per heavy atom. The molecule has 2 heterocycles. The number of anilines is 2. The Bertz CT molecular complexity index is 356. The molecule has 0 aliphatic carbocycles. The standard InChI is InChI=1S/C10H14BrN3O2/c11-9-3-7(12)4-13-10(9)14-5-8-6-15-1-2-16-8/h3-4,8H,1-2,5-6,12H2,(H,13,14). The third-order valence-corrected chi connectivity index (χ3v) is 2.85. The molecule has 0 aromatic carbocycles. The summed E-state index contributed by atoms with van der Waals surface area (Å²) < 4.78 is 11.7. The van der Waals surface area contributed by atoms with Gasteiger partial charge in [0.1, 0.15) is 5.82 Å². The summed E-state index contributed by atoms with van der Waals surface area (Å²) in [5, 5.41) is 3.19. The largest absolute Gasteiger partial charge is 0.397 e. The maximum absolute atomic E-state index is 5.60. The Balaban J connectivity index is 1.88. The van der Waals surface area contributed by atoms with Crippen molar-refractivity contribution in [3.63, 3.8) is 0 Å². The number of pyridine rings is 1. The maximum atomic E-state index is 5.60. The van der Waals surface area contributed by atoms with Crippen molar-refractivity contribution in [2.75, 3.05) is 37.4 Å². The Hall–Kier alpha value is -0.850. The van der Waals surface area contributed by atoms with E-state index in [1.54, 1.807) is 6.20 Å². The Morgan fingerprint density at radius 2 is 2.44 bits per heavy atom. The zero-order valence-corrected chi connectivity index (χ0v) is 10.4. The molecule has 1 fully saturated rings. The SMILES string of the molecule is Nc1cnc(NCC2COCCO2)c(Br)c1. The molecule has 1 aromatic heterocycles. The fraction of sp³-hybridized carbons (Fsp3) is 0.500. The minimum atomic E-state index is 0.0833. The lowest BCUT2D eigenvalue weighted by atomic mass is 10.3. The van der Waals surface area contributed by atoms with Gasteiger partial charge in [0, 0.05) is 6.54 Å². The molecule has 5 nitrogen and oxygen atoms in total. The van der Waals surface area contributed by atoms with Gasteiger partial charge < -0.3 is 20.5 Å². The molecule has 16 heavy (non-hydrogen) atoms. The quantitative estimate of drug-likeness (QED) is 0.876. The van der Waals surface area contributed by atoms with E-state index in [0.717, 1.165) is 10.3 Å². The number of hydrogen-bond donors (Lipinski definition) is 2. The van der Waals surface area contributed by atoms with Crippen LogP contribution in [-0.4, -0.2) is 37.5 Å². The topological polar surface area (TPSA) is 69.4 Å². The lowest BCUT2D eigenvalue weighted by Crippen LogP contribution is -2.34. The molecule has 0 radical (unpaired) electrons. The molecule has 0 amide bonds. The second-order valence-corrected chi connectivity index (χ2v) is 4.40. The van der Waals surface area contributed by atoms with E-state index >= 15 is 0 Å². The summed E-state index contributed by atoms with van der Waals surface area (Å²) in [6, 6.07) is 1.81. The van der Waals surface area contributed by atoms with Crippen molar-refractivity contribution in [1.29, 1.82) is 0 Å². The molecule has 0 spiro atoms. The van der Waals surface area contributed by atoms with Crippen molar-refractivity contribution in [3.05, 3.63) is 16.7 Å². The average Bonchev–Trinajstić information content (AvgIpc) is 2.29. The molecule has 3 N–H and O–H groups in total. The molecule has 6 heteroatoms. The fourth-order valence-corrected chi connectivity index (χ4v) is 1.95. The van der Waals surface area contributed by atoms with Crippen LogP contribution in [0.15, 0.2) is 16.7 Å². The number of nitrogens with two attached hydrogens (primary N) is 1. The van der Waals surface area contributed by atoms with Gasteiger partial charge in [0.25, 0.3) is 0 Å². The summed E-state index contributed by atoms with van der Waals surface area (Å²) >= 11 is 3.40. The average molecular weight is 288 g/mol. The van der Waals surface area contributed by atoms with Crippen LogP contribution in [0.25, 0.3) is 0 Å². The van der Waals surface area contributed by atoms with Crippen LogP contribution in [0.3, 0.4) is 0 Å². The number of nitrogen functional groups attached to an aromatic ring is 1. The Kier molecular flexibility index (Phi) is 3.98. The molecule has 0 bridgehead atoms. The summed E-state index contributed by atoms with van der Waals surface area (Å²) in [7, 11) is 0. The van der Waals surface area contributed by atoms with Gasteiger partial charge in [0.05, 0.1) is 42.3 Å². The highest BCUT2D eigenvalue weighted by Gasteiger charge is 2.14. The van der Waals surface area contributed by atoms with Gasteiger partial charge in [-0.2, -0.15) is 0 Å². The van der Waals surface area contributed by atoms with Gasteiger partial charge in [-0.15, -0.1) is 0 Å². The summed E-state index contributed by atoms with van der Waals surface area (Å²) in [5.74, 6) is 0.767. The normalized spacial score (nSPS) is 20.7. The fourth-order valence-electron chi connectivity index (χ4n) is 1.45. The molecule has 1 unspecified atom stereocenters. The highest BCUT2D eigenvalue weighted by molar-refractivity contribution is 9.10. The first kappa shape index (κ1) is 11.6. The summed E-state index contributed by atoms with van der Waals surface area (Å²) in [6.07, 6.45) is 1.70. The molecule has 1 aliphatic heterocycles. The van der Waals surface area contributed by atoms with E-state index < -0.39 is 0 Å². The zero-order valence-electron chi connectivity index (χ0n) is 8.78. The minimum absolute atomic E-state index is 0.0833. The summed E-state index contributed by atoms with van der Waals surface area (Å²) in [4.78, 5) is 4.18. The maximum Gasteiger partial charge on any atom is 0.140 e. The smallest absolute Gasteiger partial charge is 0.140 e. The van der Waals surface area contributed by atoms with Crippen LogP contribution in [0.4, 0.5) is 11.5 Å². The van der Waals surface area contributed by atoms with Crippen molar-refractivity contribution in [2.24, 2.45) is 0 Å². The second kappa shape index (κ2) is 5.47. The monoisotopic (exact) mass is 287 g/mol. The van der Waals surface area contributed by atoms with Crippen LogP contribution in [0.2, 0.25) is 0 Å². The third kappa shape index (κ3) is 3.07. The van der Waals surface area contributed by atoms with E-state index in [9.17, 15) is 0 Å². The van der Waals surface area contributed by atoms with E-state index in [2.05, 4.69) is 26.2 Å². The van der Waals surface area contributed by atoms with Gasteiger partial charge in [-0.25, -0.2) is 4.98 Å². The van der Waals surface area contributed by atoms with E-state index in [4.69, 9.17) is 15.2 Å². The van der Waals surface area contributed by atoms with Crippen molar-refractivity contribution in [1.82, 2.24) is 4.98 Å². The van der Waals surface area contributed by atoms with Crippen molar-refractivity contribution in [3.8, 4) is 0 Å². The predicted molar refractivity (Wildman–Crippen MR) is 65.4 cm³/mol. The lowest BCUT2D eigenvalue weighted by Gasteiger charge is -2.23. The Labute approximate surface area is 102 Å². The number of nitrogens with zero attached hydrogens (tertiary/aromatic N) is 1. The molecule has 1 saturated heterocycles. The van der Waals surface area contributed by atoms with Crippen molar-refractivity contribution in [2.45, 2.75) is 6.10 Å². The number of hydrogen-bond acceptors (Lipinski definition) is 5. The first-order valence-corrected chi connectivity index (χ1v) is 5.89. The van der Waals surface area contributed by atoms with Gasteiger partial charge in [0.15, 0.2) is 0 Å². The number of nitrogens with one attached hydrogen (secondary N) is 1. The molecule has 1 atom stereocenters. The highest BCUT2D eigenvalue weighted by atomic mass is 79.9. The molecular formula is C10H14BrN3O2. The van der Waals surface area contributed by atoms with E-state index in [0.29, 0.717) is 32.1 Å². The molecule has 0 saturated carbocycles. The molecule has 88 valence electrons. The molecule has 1 aliphatic rings. The van der Waals surface area contributed by atoms with Crippen LogP contribution in [0, 0.1) is 0 Å². The first-order chi connectivity index (χ1) is 7.75. The Morgan fingerprint density at radius 3 is 3.12 bits per heavy atom. The van der Waals surface area contributed by atoms with Crippen LogP contribution >= 0.6 is 15.9 Å². The second-order valence-electron chi connectivity index (χ2n) is 3.55. The summed E-state index contributed by atoms with van der Waals surface area (Å²) in [6.45, 7) is 2.64. The molecule has 1 aromatic rings. The highest BCUT2D eigenvalue weighted by Crippen LogP contribution is 2.21. The number of aromatic nitrogens is 1. The first-order valence-electron chi connectivity index (χ1n) is 5.10. The van der Waals surface area contributed by atoms with E-state index in [-0.39, 0.29) is 6.10 Å². The van der Waals surface area contributed by atoms with Gasteiger partial charge in [0.2, 0.25) is 0 Å². The number of rotatable bonds is 3. The van der Waals surface area contributed by atoms with Gasteiger partial charge in [-0.1, -0.05) is 0 Å². The van der Waals surface area contributed by atoms with Crippen LogP contribution in [0.5, 0.6) is 0 Å². The lowest BCUT2D eigenvalue weighted by molar-refractivity contribution is -0.0819. The molecule has 2 rings (SSSR count). The molecular weight excluding hydrogens is 274 g/mol. The van der Waals surface area contributed by atoms with Gasteiger partial charge >= 0.3 is 0 Å². The van der Waals surface area contributed by atoms with Gasteiger partial charge in [-0.3, -0.25) is 0 Å². The van der Waals surface area contributed by atoms with Gasteiger partial charge in [-0.05, 0) is 22.0 Å². The number of ether oxygens (including phenoxy) is 2. The van der Waals surface area contributed by atoms with E-state index in [1.807, 2.05) is 6.07 Å². The van der Waals surface area contributed by atoms with Crippen molar-refractivity contribution >= 4 is 27.4 Å². The van der Waals surface area contributed by atoms with E-state index in [1.165, 1.54) is 0 Å². The van der Waals surface area contributed by atoms with Crippen LogP contribution < -0.4 is 11.1 Å². The predicted octanol–water partition coefficient (Wildman–Crippen LogP) is 1.25. The zero-order chi connectivity index (χ0) is 11.4. The summed E-state index contributed by atoms with van der Waals surface area (Å²) in [5.41, 5.74) is 6.24. The third-order valence-electron chi connectivity index (χ3n) is 2.24. The van der Waals surface area contributed by atoms with Crippen LogP contribution in [0.1, 0.15) is 0 Å².